The lowest BCUT2D eigenvalue weighted by atomic mass is 10.1. The van der Waals surface area contributed by atoms with E-state index in [-0.39, 0.29) is 11.7 Å². The molecule has 0 bridgehead atoms. The first-order valence-electron chi connectivity index (χ1n) is 6.58. The highest BCUT2D eigenvalue weighted by Crippen LogP contribution is 2.26. The van der Waals surface area contributed by atoms with Gasteiger partial charge < -0.3 is 10.0 Å². The molecule has 0 radical (unpaired) electrons. The molecule has 0 aliphatic carbocycles. The van der Waals surface area contributed by atoms with Gasteiger partial charge in [-0.2, -0.15) is 0 Å². The Labute approximate surface area is 118 Å². The highest BCUT2D eigenvalue weighted by molar-refractivity contribution is 6.05. The molecule has 2 aromatic rings. The molecule has 1 aromatic heterocycles. The minimum Gasteiger partial charge on any atom is -0.508 e. The Hall–Kier alpha value is -2.36. The van der Waals surface area contributed by atoms with Gasteiger partial charge in [-0.05, 0) is 44.5 Å². The molecular formula is C16H18N2O2. The van der Waals surface area contributed by atoms with Gasteiger partial charge in [-0.3, -0.25) is 4.79 Å². The normalized spacial score (nSPS) is 10.3. The fourth-order valence-electron chi connectivity index (χ4n) is 2.11. The van der Waals surface area contributed by atoms with Gasteiger partial charge >= 0.3 is 0 Å². The molecule has 0 fully saturated rings. The molecule has 0 spiro atoms. The molecule has 1 amide bonds. The third kappa shape index (κ3) is 2.79. The fraction of sp³-hybridized carbons (Fsp3) is 0.250. The summed E-state index contributed by atoms with van der Waals surface area (Å²) in [6.45, 7) is 6.18. The first-order valence-corrected chi connectivity index (χ1v) is 6.58. The van der Waals surface area contributed by atoms with Crippen molar-refractivity contribution < 1.29 is 9.90 Å². The number of phenols is 1. The van der Waals surface area contributed by atoms with Crippen LogP contribution in [0.3, 0.4) is 0 Å². The number of aromatic hydroxyl groups is 1. The van der Waals surface area contributed by atoms with Crippen LogP contribution in [0.25, 0.3) is 0 Å². The molecule has 0 aliphatic heterocycles. The smallest absolute Gasteiger partial charge is 0.276 e. The van der Waals surface area contributed by atoms with E-state index in [1.54, 1.807) is 29.2 Å². The zero-order valence-electron chi connectivity index (χ0n) is 11.9. The Morgan fingerprint density at radius 2 is 2.00 bits per heavy atom. The lowest BCUT2D eigenvalue weighted by Gasteiger charge is -2.23. The maximum absolute atomic E-state index is 12.6. The lowest BCUT2D eigenvalue weighted by Crippen LogP contribution is -2.32. The van der Waals surface area contributed by atoms with Crippen molar-refractivity contribution in [3.8, 4) is 5.75 Å². The standard InChI is InChI=1S/C16H18N2O2/c1-4-18(15-10-13(19)9-8-11(15)2)16(20)14-7-5-6-12(3)17-14/h5-10,19H,4H2,1-3H3. The van der Waals surface area contributed by atoms with E-state index in [0.717, 1.165) is 11.3 Å². The summed E-state index contributed by atoms with van der Waals surface area (Å²) in [5, 5.41) is 9.62. The number of anilines is 1. The lowest BCUT2D eigenvalue weighted by molar-refractivity contribution is 0.0983. The highest BCUT2D eigenvalue weighted by Gasteiger charge is 2.19. The Morgan fingerprint density at radius 3 is 2.65 bits per heavy atom. The zero-order chi connectivity index (χ0) is 14.7. The van der Waals surface area contributed by atoms with Crippen LogP contribution in [0.4, 0.5) is 5.69 Å². The minimum atomic E-state index is -0.162. The largest absolute Gasteiger partial charge is 0.508 e. The number of hydrogen-bond acceptors (Lipinski definition) is 3. The minimum absolute atomic E-state index is 0.147. The third-order valence-corrected chi connectivity index (χ3v) is 3.15. The van der Waals surface area contributed by atoms with Crippen LogP contribution >= 0.6 is 0 Å². The molecule has 1 heterocycles. The third-order valence-electron chi connectivity index (χ3n) is 3.15. The van der Waals surface area contributed by atoms with Crippen molar-refractivity contribution in [2.45, 2.75) is 20.8 Å². The van der Waals surface area contributed by atoms with E-state index < -0.39 is 0 Å². The summed E-state index contributed by atoms with van der Waals surface area (Å²) in [6.07, 6.45) is 0. The topological polar surface area (TPSA) is 53.4 Å². The molecule has 0 saturated carbocycles. The van der Waals surface area contributed by atoms with Crippen LogP contribution in [0.15, 0.2) is 36.4 Å². The van der Waals surface area contributed by atoms with Gasteiger partial charge in [0.25, 0.3) is 5.91 Å². The number of pyridine rings is 1. The van der Waals surface area contributed by atoms with Crippen molar-refractivity contribution in [2.24, 2.45) is 0 Å². The Morgan fingerprint density at radius 1 is 1.25 bits per heavy atom. The number of carbonyl (C=O) groups excluding carboxylic acids is 1. The van der Waals surface area contributed by atoms with Crippen LogP contribution in [0.1, 0.15) is 28.7 Å². The summed E-state index contributed by atoms with van der Waals surface area (Å²) in [6, 6.07) is 10.4. The second-order valence-electron chi connectivity index (χ2n) is 4.68. The van der Waals surface area contributed by atoms with Crippen LogP contribution in [0, 0.1) is 13.8 Å². The first-order chi connectivity index (χ1) is 9.52. The van der Waals surface area contributed by atoms with E-state index in [1.807, 2.05) is 32.9 Å². The van der Waals surface area contributed by atoms with Gasteiger partial charge in [0.05, 0.1) is 5.69 Å². The van der Waals surface area contributed by atoms with Crippen LogP contribution < -0.4 is 4.90 Å². The van der Waals surface area contributed by atoms with Gasteiger partial charge in [-0.25, -0.2) is 4.98 Å². The van der Waals surface area contributed by atoms with Crippen LogP contribution in [0.5, 0.6) is 5.75 Å². The number of nitrogens with zero attached hydrogens (tertiary/aromatic N) is 2. The van der Waals surface area contributed by atoms with Crippen LogP contribution in [-0.2, 0) is 0 Å². The molecule has 0 atom stereocenters. The maximum Gasteiger partial charge on any atom is 0.276 e. The molecule has 2 rings (SSSR count). The second-order valence-corrected chi connectivity index (χ2v) is 4.68. The van der Waals surface area contributed by atoms with Gasteiger partial charge in [0.15, 0.2) is 0 Å². The van der Waals surface area contributed by atoms with E-state index in [4.69, 9.17) is 0 Å². The molecular weight excluding hydrogens is 252 g/mol. The van der Waals surface area contributed by atoms with Crippen molar-refractivity contribution in [3.63, 3.8) is 0 Å². The summed E-state index contributed by atoms with van der Waals surface area (Å²) in [7, 11) is 0. The molecule has 104 valence electrons. The molecule has 20 heavy (non-hydrogen) atoms. The Kier molecular flexibility index (Phi) is 4.03. The Bertz CT molecular complexity index is 638. The zero-order valence-corrected chi connectivity index (χ0v) is 11.9. The molecule has 0 saturated heterocycles. The van der Waals surface area contributed by atoms with Gasteiger partial charge in [-0.15, -0.1) is 0 Å². The van der Waals surface area contributed by atoms with Crippen molar-refractivity contribution in [2.75, 3.05) is 11.4 Å². The average Bonchev–Trinajstić information content (AvgIpc) is 2.43. The number of aromatic nitrogens is 1. The van der Waals surface area contributed by atoms with Gasteiger partial charge in [-0.1, -0.05) is 12.1 Å². The number of hydrogen-bond donors (Lipinski definition) is 1. The quantitative estimate of drug-likeness (QED) is 0.932. The molecule has 1 aromatic carbocycles. The van der Waals surface area contributed by atoms with Crippen molar-refractivity contribution >= 4 is 11.6 Å². The van der Waals surface area contributed by atoms with E-state index >= 15 is 0 Å². The number of aryl methyl sites for hydroxylation is 2. The summed E-state index contributed by atoms with van der Waals surface area (Å²) in [4.78, 5) is 18.5. The molecule has 4 heteroatoms. The summed E-state index contributed by atoms with van der Waals surface area (Å²) < 4.78 is 0. The molecule has 1 N–H and O–H groups in total. The molecule has 0 unspecified atom stereocenters. The van der Waals surface area contributed by atoms with Crippen LogP contribution in [0.2, 0.25) is 0 Å². The number of benzene rings is 1. The number of phenolic OH excluding ortho intramolecular Hbond substituents is 1. The fourth-order valence-corrected chi connectivity index (χ4v) is 2.11. The second kappa shape index (κ2) is 5.74. The predicted octanol–water partition coefficient (Wildman–Crippen LogP) is 3.07. The van der Waals surface area contributed by atoms with Crippen molar-refractivity contribution in [1.82, 2.24) is 4.98 Å². The SMILES string of the molecule is CCN(C(=O)c1cccc(C)n1)c1cc(O)ccc1C. The average molecular weight is 270 g/mol. The van der Waals surface area contributed by atoms with E-state index in [2.05, 4.69) is 4.98 Å². The maximum atomic E-state index is 12.6. The number of carbonyl (C=O) groups is 1. The van der Waals surface area contributed by atoms with E-state index in [0.29, 0.717) is 17.9 Å². The van der Waals surface area contributed by atoms with E-state index in [9.17, 15) is 9.90 Å². The summed E-state index contributed by atoms with van der Waals surface area (Å²) in [5.74, 6) is -0.0149. The summed E-state index contributed by atoms with van der Waals surface area (Å²) >= 11 is 0. The Balaban J connectivity index is 2.42. The first kappa shape index (κ1) is 14.1. The van der Waals surface area contributed by atoms with Gasteiger partial charge in [0.2, 0.25) is 0 Å². The highest BCUT2D eigenvalue weighted by atomic mass is 16.3. The van der Waals surface area contributed by atoms with Crippen molar-refractivity contribution in [3.05, 3.63) is 53.3 Å². The summed E-state index contributed by atoms with van der Waals surface area (Å²) in [5.41, 5.74) is 2.86. The number of rotatable bonds is 3. The molecule has 4 nitrogen and oxygen atoms in total. The van der Waals surface area contributed by atoms with Gasteiger partial charge in [0.1, 0.15) is 11.4 Å². The number of amides is 1. The van der Waals surface area contributed by atoms with E-state index in [1.165, 1.54) is 0 Å². The monoisotopic (exact) mass is 270 g/mol. The van der Waals surface area contributed by atoms with Crippen molar-refractivity contribution in [1.29, 1.82) is 0 Å². The predicted molar refractivity (Wildman–Crippen MR) is 79.2 cm³/mol. The molecule has 0 aliphatic rings. The van der Waals surface area contributed by atoms with Crippen LogP contribution in [-0.4, -0.2) is 22.5 Å². The van der Waals surface area contributed by atoms with Gasteiger partial charge in [0, 0.05) is 18.3 Å².